The molecular weight excluding hydrogens is 272 g/mol. The zero-order chi connectivity index (χ0) is 14.7. The smallest absolute Gasteiger partial charge is 0.273 e. The van der Waals surface area contributed by atoms with Gasteiger partial charge in [-0.15, -0.1) is 0 Å². The number of hydrogen-bond acceptors (Lipinski definition) is 6. The molecule has 108 valence electrons. The number of carbonyl (C=O) groups excluding carboxylic acids is 1. The third kappa shape index (κ3) is 2.86. The first-order valence-corrected chi connectivity index (χ1v) is 6.47. The summed E-state index contributed by atoms with van der Waals surface area (Å²) in [4.78, 5) is 19.7. The average molecular weight is 286 g/mol. The molecule has 0 radical (unpaired) electrons. The number of anilines is 1. The highest BCUT2D eigenvalue weighted by Gasteiger charge is 2.22. The molecule has 21 heavy (non-hydrogen) atoms. The van der Waals surface area contributed by atoms with Crippen molar-refractivity contribution < 1.29 is 14.3 Å². The first kappa shape index (κ1) is 13.2. The molecule has 7 nitrogen and oxygen atoms in total. The lowest BCUT2D eigenvalue weighted by Crippen LogP contribution is -2.41. The van der Waals surface area contributed by atoms with Gasteiger partial charge in [-0.25, -0.2) is 9.97 Å². The van der Waals surface area contributed by atoms with E-state index in [2.05, 4.69) is 15.3 Å². The van der Waals surface area contributed by atoms with Gasteiger partial charge in [0.05, 0.1) is 6.54 Å². The van der Waals surface area contributed by atoms with E-state index in [-0.39, 0.29) is 23.5 Å². The minimum absolute atomic E-state index is 0.0983. The van der Waals surface area contributed by atoms with E-state index in [0.717, 1.165) is 0 Å². The lowest BCUT2D eigenvalue weighted by atomic mass is 10.2. The second kappa shape index (κ2) is 5.66. The van der Waals surface area contributed by atoms with Crippen LogP contribution in [0.5, 0.6) is 11.5 Å². The standard InChI is InChI=1S/C14H14N4O3/c15-13-12(16-5-6-17-13)14(19)18-7-9-8-20-10-3-1-2-4-11(10)21-9/h1-6,9H,7-8H2,(H2,15,17)(H,18,19). The lowest BCUT2D eigenvalue weighted by Gasteiger charge is -2.26. The number of aromatic nitrogens is 2. The van der Waals surface area contributed by atoms with Gasteiger partial charge in [0.15, 0.2) is 23.0 Å². The summed E-state index contributed by atoms with van der Waals surface area (Å²) in [6, 6.07) is 7.40. The summed E-state index contributed by atoms with van der Waals surface area (Å²) < 4.78 is 11.3. The Morgan fingerprint density at radius 1 is 1.29 bits per heavy atom. The van der Waals surface area contributed by atoms with E-state index < -0.39 is 0 Å². The molecule has 1 aromatic heterocycles. The normalized spacial score (nSPS) is 16.3. The number of nitrogen functional groups attached to an aromatic ring is 1. The lowest BCUT2D eigenvalue weighted by molar-refractivity contribution is 0.0787. The van der Waals surface area contributed by atoms with E-state index in [4.69, 9.17) is 15.2 Å². The molecule has 0 bridgehead atoms. The van der Waals surface area contributed by atoms with Crippen molar-refractivity contribution in [3.8, 4) is 11.5 Å². The van der Waals surface area contributed by atoms with Crippen molar-refractivity contribution in [1.82, 2.24) is 15.3 Å². The van der Waals surface area contributed by atoms with Crippen LogP contribution in [0.15, 0.2) is 36.7 Å². The number of fused-ring (bicyclic) bond motifs is 1. The molecule has 7 heteroatoms. The molecule has 0 spiro atoms. The largest absolute Gasteiger partial charge is 0.486 e. The van der Waals surface area contributed by atoms with Gasteiger partial charge in [-0.05, 0) is 12.1 Å². The molecule has 1 unspecified atom stereocenters. The van der Waals surface area contributed by atoms with Crippen LogP contribution >= 0.6 is 0 Å². The van der Waals surface area contributed by atoms with Crippen LogP contribution in [-0.4, -0.2) is 35.1 Å². The zero-order valence-electron chi connectivity index (χ0n) is 11.2. The quantitative estimate of drug-likeness (QED) is 0.858. The molecule has 3 N–H and O–H groups in total. The van der Waals surface area contributed by atoms with Crippen molar-refractivity contribution in [3.05, 3.63) is 42.4 Å². The first-order valence-electron chi connectivity index (χ1n) is 6.47. The highest BCUT2D eigenvalue weighted by atomic mass is 16.6. The van der Waals surface area contributed by atoms with Gasteiger partial charge >= 0.3 is 0 Å². The van der Waals surface area contributed by atoms with Gasteiger partial charge in [0.25, 0.3) is 5.91 Å². The summed E-state index contributed by atoms with van der Waals surface area (Å²) in [5.41, 5.74) is 5.71. The van der Waals surface area contributed by atoms with Gasteiger partial charge in [-0.3, -0.25) is 4.79 Å². The maximum Gasteiger partial charge on any atom is 0.273 e. The number of hydrogen-bond donors (Lipinski definition) is 2. The van der Waals surface area contributed by atoms with Gasteiger partial charge < -0.3 is 20.5 Å². The fourth-order valence-corrected chi connectivity index (χ4v) is 1.98. The highest BCUT2D eigenvalue weighted by Crippen LogP contribution is 2.30. The molecule has 0 aliphatic carbocycles. The molecule has 1 aromatic carbocycles. The maximum absolute atomic E-state index is 12.0. The molecule has 1 aliphatic rings. The fourth-order valence-electron chi connectivity index (χ4n) is 1.98. The molecule has 1 amide bonds. The Labute approximate surface area is 121 Å². The van der Waals surface area contributed by atoms with Crippen LogP contribution in [0.2, 0.25) is 0 Å². The van der Waals surface area contributed by atoms with E-state index in [9.17, 15) is 4.79 Å². The van der Waals surface area contributed by atoms with E-state index in [1.165, 1.54) is 12.4 Å². The van der Waals surface area contributed by atoms with E-state index >= 15 is 0 Å². The summed E-state index contributed by atoms with van der Waals surface area (Å²) in [5.74, 6) is 1.09. The Bertz CT molecular complexity index is 662. The predicted molar refractivity (Wildman–Crippen MR) is 75.1 cm³/mol. The molecule has 0 saturated heterocycles. The number of carbonyl (C=O) groups is 1. The summed E-state index contributed by atoms with van der Waals surface area (Å²) in [6.45, 7) is 0.663. The van der Waals surface area contributed by atoms with Crippen LogP contribution in [0, 0.1) is 0 Å². The number of ether oxygens (including phenoxy) is 2. The number of rotatable bonds is 3. The first-order chi connectivity index (χ1) is 10.2. The zero-order valence-corrected chi connectivity index (χ0v) is 11.2. The summed E-state index contributed by atoms with van der Waals surface area (Å²) in [6.07, 6.45) is 2.59. The Hall–Kier alpha value is -2.83. The van der Waals surface area contributed by atoms with Gasteiger partial charge in [0.2, 0.25) is 0 Å². The van der Waals surface area contributed by atoms with Gasteiger partial charge in [0, 0.05) is 12.4 Å². The third-order valence-electron chi connectivity index (χ3n) is 3.00. The van der Waals surface area contributed by atoms with Gasteiger partial charge in [-0.2, -0.15) is 0 Å². The number of nitrogens with zero attached hydrogens (tertiary/aromatic N) is 2. The van der Waals surface area contributed by atoms with Crippen molar-refractivity contribution in [3.63, 3.8) is 0 Å². The number of amides is 1. The fraction of sp³-hybridized carbons (Fsp3) is 0.214. The minimum atomic E-state index is -0.386. The maximum atomic E-state index is 12.0. The molecule has 2 heterocycles. The average Bonchev–Trinajstić information content (AvgIpc) is 2.53. The number of para-hydroxylation sites is 2. The van der Waals surface area contributed by atoms with Gasteiger partial charge in [-0.1, -0.05) is 12.1 Å². The molecule has 0 fully saturated rings. The van der Waals surface area contributed by atoms with Crippen molar-refractivity contribution in [2.45, 2.75) is 6.10 Å². The molecule has 3 rings (SSSR count). The molecule has 2 aromatic rings. The van der Waals surface area contributed by atoms with Crippen LogP contribution in [0.4, 0.5) is 5.82 Å². The van der Waals surface area contributed by atoms with Crippen molar-refractivity contribution in [2.75, 3.05) is 18.9 Å². The van der Waals surface area contributed by atoms with Crippen LogP contribution in [-0.2, 0) is 0 Å². The SMILES string of the molecule is Nc1nccnc1C(=O)NCC1COc2ccccc2O1. The number of benzene rings is 1. The monoisotopic (exact) mass is 286 g/mol. The highest BCUT2D eigenvalue weighted by molar-refractivity contribution is 5.96. The second-order valence-electron chi connectivity index (χ2n) is 4.50. The Kier molecular flexibility index (Phi) is 3.55. The van der Waals surface area contributed by atoms with Gasteiger partial charge in [0.1, 0.15) is 12.7 Å². The van der Waals surface area contributed by atoms with Crippen LogP contribution in [0.25, 0.3) is 0 Å². The topological polar surface area (TPSA) is 99.4 Å². The van der Waals surface area contributed by atoms with Crippen LogP contribution in [0.3, 0.4) is 0 Å². The van der Waals surface area contributed by atoms with Crippen molar-refractivity contribution in [2.24, 2.45) is 0 Å². The van der Waals surface area contributed by atoms with E-state index in [1.807, 2.05) is 24.3 Å². The Balaban J connectivity index is 1.59. The molecule has 0 saturated carbocycles. The van der Waals surface area contributed by atoms with E-state index in [0.29, 0.717) is 24.7 Å². The Morgan fingerprint density at radius 3 is 2.86 bits per heavy atom. The van der Waals surface area contributed by atoms with Crippen molar-refractivity contribution in [1.29, 1.82) is 0 Å². The molecule has 1 atom stereocenters. The predicted octanol–water partition coefficient (Wildman–Crippen LogP) is 0.629. The summed E-state index contributed by atoms with van der Waals surface area (Å²) in [7, 11) is 0. The minimum Gasteiger partial charge on any atom is -0.486 e. The number of nitrogens with one attached hydrogen (secondary N) is 1. The Morgan fingerprint density at radius 2 is 2.05 bits per heavy atom. The van der Waals surface area contributed by atoms with Crippen LogP contribution in [0.1, 0.15) is 10.5 Å². The van der Waals surface area contributed by atoms with Crippen molar-refractivity contribution >= 4 is 11.7 Å². The second-order valence-corrected chi connectivity index (χ2v) is 4.50. The molecule has 1 aliphatic heterocycles. The summed E-state index contributed by atoms with van der Waals surface area (Å²) in [5, 5.41) is 2.71. The third-order valence-corrected chi connectivity index (χ3v) is 3.00. The van der Waals surface area contributed by atoms with Crippen LogP contribution < -0.4 is 20.5 Å². The number of nitrogens with two attached hydrogens (primary N) is 1. The molecular formula is C14H14N4O3. The van der Waals surface area contributed by atoms with E-state index in [1.54, 1.807) is 0 Å². The summed E-state index contributed by atoms with van der Waals surface area (Å²) >= 11 is 0.